The average molecular weight is 454 g/mol. The second kappa shape index (κ2) is 7.12. The molecule has 1 aliphatic heterocycles. The van der Waals surface area contributed by atoms with Crippen molar-refractivity contribution in [2.45, 2.75) is 51.7 Å². The van der Waals surface area contributed by atoms with Crippen LogP contribution in [0.2, 0.25) is 19.6 Å². The summed E-state index contributed by atoms with van der Waals surface area (Å²) in [6.07, 6.45) is -4.76. The second-order valence-corrected chi connectivity index (χ2v) is 13.9. The molecule has 0 aliphatic carbocycles. The van der Waals surface area contributed by atoms with Crippen molar-refractivity contribution in [1.82, 2.24) is 9.13 Å². The molecule has 0 radical (unpaired) electrons. The molecule has 166 valence electrons. The maximum Gasteiger partial charge on any atom is 0.431 e. The summed E-state index contributed by atoms with van der Waals surface area (Å²) in [6.45, 7) is 9.54. The zero-order valence-electron chi connectivity index (χ0n) is 18.0. The minimum Gasteiger partial charge on any atom is -0.486 e. The quantitative estimate of drug-likeness (QED) is 0.376. The highest BCUT2D eigenvalue weighted by molar-refractivity contribution is 6.83. The van der Waals surface area contributed by atoms with Crippen LogP contribution >= 0.6 is 0 Å². The first kappa shape index (κ1) is 22.9. The van der Waals surface area contributed by atoms with Gasteiger partial charge in [-0.25, -0.2) is 13.8 Å². The first-order chi connectivity index (χ1) is 14.0. The molecule has 1 aliphatic rings. The van der Waals surface area contributed by atoms with Crippen LogP contribution in [0, 0.1) is 17.3 Å². The molecule has 0 spiro atoms. The first-order valence-electron chi connectivity index (χ1n) is 9.50. The molecule has 0 saturated heterocycles. The van der Waals surface area contributed by atoms with E-state index in [1.165, 1.54) is 0 Å². The highest BCUT2D eigenvalue weighted by Gasteiger charge is 2.38. The van der Waals surface area contributed by atoms with Gasteiger partial charge in [0.25, 0.3) is 5.56 Å². The Morgan fingerprint density at radius 2 is 1.77 bits per heavy atom. The number of rotatable bonds is 1. The molecule has 31 heavy (non-hydrogen) atoms. The number of aromatic nitrogens is 2. The Kier molecular flexibility index (Phi) is 5.25. The van der Waals surface area contributed by atoms with Gasteiger partial charge in [-0.15, -0.1) is 5.54 Å². The number of fused-ring (bicyclic) bond motifs is 1. The van der Waals surface area contributed by atoms with E-state index >= 15 is 4.39 Å². The van der Waals surface area contributed by atoms with Crippen LogP contribution in [-0.4, -0.2) is 22.8 Å². The van der Waals surface area contributed by atoms with Crippen molar-refractivity contribution in [2.75, 3.05) is 0 Å². The molecule has 0 bridgehead atoms. The Labute approximate surface area is 177 Å². The predicted molar refractivity (Wildman–Crippen MR) is 111 cm³/mol. The summed E-state index contributed by atoms with van der Waals surface area (Å²) in [7, 11) is -0.925. The van der Waals surface area contributed by atoms with Crippen LogP contribution in [0.25, 0.3) is 5.69 Å². The lowest BCUT2D eigenvalue weighted by Gasteiger charge is -2.17. The zero-order chi connectivity index (χ0) is 23.5. The molecule has 0 atom stereocenters. The Hall–Kier alpha value is -2.80. The van der Waals surface area contributed by atoms with Crippen LogP contribution in [0.15, 0.2) is 21.7 Å². The molecule has 3 rings (SSSR count). The van der Waals surface area contributed by atoms with E-state index in [0.717, 1.165) is 13.1 Å². The molecule has 1 aromatic carbocycles. The molecule has 0 fully saturated rings. The van der Waals surface area contributed by atoms with E-state index in [-0.39, 0.29) is 33.9 Å². The van der Waals surface area contributed by atoms with Crippen molar-refractivity contribution in [2.24, 2.45) is 7.05 Å². The number of benzene rings is 1. The summed E-state index contributed by atoms with van der Waals surface area (Å²) < 4.78 is 61.4. The van der Waals surface area contributed by atoms with Gasteiger partial charge in [0.1, 0.15) is 30.9 Å². The maximum atomic E-state index is 15.2. The first-order valence-corrected chi connectivity index (χ1v) is 13.0. The molecule has 0 amide bonds. The van der Waals surface area contributed by atoms with Gasteiger partial charge in [-0.05, 0) is 19.9 Å². The predicted octanol–water partition coefficient (Wildman–Crippen LogP) is 3.64. The summed E-state index contributed by atoms with van der Waals surface area (Å²) in [6, 6.07) is 1.35. The van der Waals surface area contributed by atoms with Crippen LogP contribution in [0.3, 0.4) is 0 Å². The number of ether oxygens (including phenoxy) is 1. The molecule has 2 heterocycles. The standard InChI is InChI=1S/C21H22F4N2O3Si/c1-20(2)11-13-17(14(22)9-12(18(13)30-20)7-8-31(4,5)6)27-16(28)10-15(21(23,24)25)26(3)19(27)29/h9-10H,11H2,1-6H3. The van der Waals surface area contributed by atoms with E-state index in [9.17, 15) is 22.8 Å². The SMILES string of the molecule is Cn1c(C(F)(F)F)cc(=O)n(-c2c(F)cc(C#C[Si](C)(C)C)c3c2CC(C)(C)O3)c1=O. The molecule has 1 aromatic heterocycles. The van der Waals surface area contributed by atoms with Crippen LogP contribution in [-0.2, 0) is 19.6 Å². The third kappa shape index (κ3) is 4.32. The summed E-state index contributed by atoms with van der Waals surface area (Å²) in [5, 5.41) is 0. The molecule has 0 unspecified atom stereocenters. The van der Waals surface area contributed by atoms with E-state index in [2.05, 4.69) is 11.5 Å². The lowest BCUT2D eigenvalue weighted by atomic mass is 9.98. The lowest BCUT2D eigenvalue weighted by Crippen LogP contribution is -2.41. The van der Waals surface area contributed by atoms with Crippen molar-refractivity contribution >= 4 is 8.07 Å². The number of hydrogen-bond acceptors (Lipinski definition) is 3. The summed E-state index contributed by atoms with van der Waals surface area (Å²) in [5.41, 5.74) is -1.54. The fourth-order valence-electron chi connectivity index (χ4n) is 3.39. The summed E-state index contributed by atoms with van der Waals surface area (Å²) in [4.78, 5) is 25.2. The number of hydrogen-bond donors (Lipinski definition) is 0. The van der Waals surface area contributed by atoms with Crippen molar-refractivity contribution < 1.29 is 22.3 Å². The minimum absolute atomic E-state index is 0.146. The van der Waals surface area contributed by atoms with Gasteiger partial charge in [-0.3, -0.25) is 9.36 Å². The lowest BCUT2D eigenvalue weighted by molar-refractivity contribution is -0.144. The Morgan fingerprint density at radius 3 is 2.32 bits per heavy atom. The van der Waals surface area contributed by atoms with E-state index in [1.807, 2.05) is 19.6 Å². The molecule has 2 aromatic rings. The van der Waals surface area contributed by atoms with Gasteiger partial charge in [0, 0.05) is 25.1 Å². The third-order valence-electron chi connectivity index (χ3n) is 4.69. The molecule has 0 saturated carbocycles. The number of nitrogens with zero attached hydrogens (tertiary/aromatic N) is 2. The van der Waals surface area contributed by atoms with Gasteiger partial charge in [-0.1, -0.05) is 25.6 Å². The van der Waals surface area contributed by atoms with Crippen molar-refractivity contribution in [3.8, 4) is 22.9 Å². The highest BCUT2D eigenvalue weighted by atomic mass is 28.3. The van der Waals surface area contributed by atoms with Gasteiger partial charge in [0.15, 0.2) is 0 Å². The van der Waals surface area contributed by atoms with Gasteiger partial charge in [0.2, 0.25) is 0 Å². The van der Waals surface area contributed by atoms with Gasteiger partial charge in [-0.2, -0.15) is 13.2 Å². The van der Waals surface area contributed by atoms with Crippen LogP contribution in [0.5, 0.6) is 5.75 Å². The topological polar surface area (TPSA) is 53.2 Å². The maximum absolute atomic E-state index is 15.2. The summed E-state index contributed by atoms with van der Waals surface area (Å²) in [5.74, 6) is 2.24. The molecule has 10 heteroatoms. The van der Waals surface area contributed by atoms with E-state index < -0.39 is 48.3 Å². The fourth-order valence-corrected chi connectivity index (χ4v) is 3.90. The average Bonchev–Trinajstić information content (AvgIpc) is 2.91. The molecular formula is C21H22F4N2O3Si. The molecule has 5 nitrogen and oxygen atoms in total. The minimum atomic E-state index is -4.91. The largest absolute Gasteiger partial charge is 0.486 e. The van der Waals surface area contributed by atoms with E-state index in [1.54, 1.807) is 13.8 Å². The fraction of sp³-hybridized carbons (Fsp3) is 0.429. The monoisotopic (exact) mass is 454 g/mol. The van der Waals surface area contributed by atoms with Crippen LogP contribution in [0.4, 0.5) is 17.6 Å². The Morgan fingerprint density at radius 1 is 1.16 bits per heavy atom. The summed E-state index contributed by atoms with van der Waals surface area (Å²) >= 11 is 0. The smallest absolute Gasteiger partial charge is 0.431 e. The molecule has 0 N–H and O–H groups in total. The number of alkyl halides is 3. The highest BCUT2D eigenvalue weighted by Crippen LogP contribution is 2.41. The van der Waals surface area contributed by atoms with Crippen molar-refractivity contribution in [3.63, 3.8) is 0 Å². The van der Waals surface area contributed by atoms with Gasteiger partial charge in [0.05, 0.1) is 11.3 Å². The van der Waals surface area contributed by atoms with Crippen molar-refractivity contribution in [3.05, 3.63) is 55.6 Å². The number of halogens is 4. The Bertz CT molecular complexity index is 1260. The Balaban J connectivity index is 2.37. The molecular weight excluding hydrogens is 432 g/mol. The van der Waals surface area contributed by atoms with Crippen LogP contribution in [0.1, 0.15) is 30.7 Å². The zero-order valence-corrected chi connectivity index (χ0v) is 19.0. The third-order valence-corrected chi connectivity index (χ3v) is 5.56. The van der Waals surface area contributed by atoms with Crippen LogP contribution < -0.4 is 16.0 Å². The van der Waals surface area contributed by atoms with Gasteiger partial charge >= 0.3 is 11.9 Å². The van der Waals surface area contributed by atoms with E-state index in [0.29, 0.717) is 4.57 Å². The van der Waals surface area contributed by atoms with E-state index in [4.69, 9.17) is 4.74 Å². The van der Waals surface area contributed by atoms with Gasteiger partial charge < -0.3 is 4.74 Å². The van der Waals surface area contributed by atoms with Crippen molar-refractivity contribution in [1.29, 1.82) is 0 Å². The second-order valence-electron chi connectivity index (χ2n) is 9.14. The normalized spacial score (nSPS) is 15.2.